The number of esters is 1. The van der Waals surface area contributed by atoms with Crippen molar-refractivity contribution in [2.24, 2.45) is 11.3 Å². The van der Waals surface area contributed by atoms with Crippen LogP contribution >= 0.6 is 0 Å². The number of amides is 1. The summed E-state index contributed by atoms with van der Waals surface area (Å²) in [5.41, 5.74) is -0.622. The van der Waals surface area contributed by atoms with Crippen molar-refractivity contribution in [1.29, 1.82) is 0 Å². The first-order chi connectivity index (χ1) is 13.8. The van der Waals surface area contributed by atoms with Gasteiger partial charge in [0.15, 0.2) is 11.6 Å². The van der Waals surface area contributed by atoms with Gasteiger partial charge in [0.25, 0.3) is 0 Å². The number of likely N-dealkylation sites (N-methyl/N-ethyl adjacent to an activating group) is 1. The molecule has 0 saturated heterocycles. The van der Waals surface area contributed by atoms with Crippen LogP contribution < -0.4 is 0 Å². The van der Waals surface area contributed by atoms with Gasteiger partial charge in [-0.15, -0.1) is 0 Å². The first kappa shape index (κ1) is 25.6. The predicted octanol–water partition coefficient (Wildman–Crippen LogP) is 4.22. The Balaban J connectivity index is 3.25. The third-order valence-electron chi connectivity index (χ3n) is 4.58. The third-order valence-corrected chi connectivity index (χ3v) is 4.58. The van der Waals surface area contributed by atoms with Crippen LogP contribution in [-0.2, 0) is 20.9 Å². The highest BCUT2D eigenvalue weighted by Gasteiger charge is 2.37. The van der Waals surface area contributed by atoms with E-state index < -0.39 is 29.1 Å². The number of rotatable bonds is 9. The number of carbonyl (C=O) groups excluding carboxylic acids is 2. The average Bonchev–Trinajstić information content (AvgIpc) is 2.65. The van der Waals surface area contributed by atoms with Gasteiger partial charge in [-0.3, -0.25) is 9.80 Å². The normalized spacial score (nSPS) is 13.8. The molecule has 1 N–H and O–H groups in total. The molecule has 0 bridgehead atoms. The zero-order valence-electron chi connectivity index (χ0n) is 18.7. The van der Waals surface area contributed by atoms with Crippen LogP contribution in [0.15, 0.2) is 29.5 Å². The van der Waals surface area contributed by atoms with Gasteiger partial charge in [0.05, 0.1) is 24.8 Å². The molecule has 30 heavy (non-hydrogen) atoms. The molecule has 0 aliphatic carbocycles. The molecule has 1 amide bonds. The van der Waals surface area contributed by atoms with E-state index in [-0.39, 0.29) is 36.0 Å². The van der Waals surface area contributed by atoms with Crippen LogP contribution in [0.2, 0.25) is 0 Å². The van der Waals surface area contributed by atoms with Gasteiger partial charge >= 0.3 is 5.97 Å². The number of hydrazine groups is 1. The molecule has 0 aliphatic rings. The summed E-state index contributed by atoms with van der Waals surface area (Å²) >= 11 is 0. The molecule has 0 radical (unpaired) electrons. The molecule has 0 aromatic heterocycles. The standard InChI is InChI=1S/C22H32F2N2O4/c1-14(2)12-30-21(29)15(3)19(28)20(22(4,5)6)25(7)26(13-27)11-16-9-8-10-17(23)18(16)24/h8-10,13-14,20,28H,11-12H2,1-7H3/b19-15-. The molecule has 6 nitrogen and oxygen atoms in total. The van der Waals surface area contributed by atoms with Gasteiger partial charge < -0.3 is 9.84 Å². The quantitative estimate of drug-likeness (QED) is 0.211. The van der Waals surface area contributed by atoms with Crippen molar-refractivity contribution in [2.45, 2.75) is 54.1 Å². The van der Waals surface area contributed by atoms with Crippen molar-refractivity contribution in [2.75, 3.05) is 13.7 Å². The molecule has 168 valence electrons. The Hall–Kier alpha value is -2.48. The summed E-state index contributed by atoms with van der Waals surface area (Å²) in [4.78, 5) is 24.1. The number of halogens is 2. The summed E-state index contributed by atoms with van der Waals surface area (Å²) in [5, 5.41) is 13.4. The lowest BCUT2D eigenvalue weighted by Gasteiger charge is -2.42. The molecular weight excluding hydrogens is 394 g/mol. The van der Waals surface area contributed by atoms with Gasteiger partial charge in [0.1, 0.15) is 5.76 Å². The van der Waals surface area contributed by atoms with Crippen LogP contribution in [0.4, 0.5) is 8.78 Å². The lowest BCUT2D eigenvalue weighted by atomic mass is 9.84. The van der Waals surface area contributed by atoms with Crippen LogP contribution in [0.25, 0.3) is 0 Å². The maximum Gasteiger partial charge on any atom is 0.337 e. The largest absolute Gasteiger partial charge is 0.510 e. The second-order valence-corrected chi connectivity index (χ2v) is 8.76. The predicted molar refractivity (Wildman–Crippen MR) is 110 cm³/mol. The van der Waals surface area contributed by atoms with E-state index in [2.05, 4.69) is 0 Å². The Labute approximate surface area is 177 Å². The molecule has 1 unspecified atom stereocenters. The Morgan fingerprint density at radius 1 is 1.27 bits per heavy atom. The zero-order valence-corrected chi connectivity index (χ0v) is 18.7. The van der Waals surface area contributed by atoms with Crippen LogP contribution in [0.1, 0.15) is 47.1 Å². The first-order valence-corrected chi connectivity index (χ1v) is 9.75. The van der Waals surface area contributed by atoms with Gasteiger partial charge in [-0.05, 0) is 24.3 Å². The molecule has 0 aliphatic heterocycles. The molecule has 1 aromatic carbocycles. The third kappa shape index (κ3) is 6.52. The monoisotopic (exact) mass is 426 g/mol. The Morgan fingerprint density at radius 3 is 2.37 bits per heavy atom. The van der Waals surface area contributed by atoms with Crippen LogP contribution in [0.5, 0.6) is 0 Å². The van der Waals surface area contributed by atoms with E-state index in [1.54, 1.807) is 0 Å². The van der Waals surface area contributed by atoms with Crippen molar-refractivity contribution < 1.29 is 28.2 Å². The second-order valence-electron chi connectivity index (χ2n) is 8.76. The highest BCUT2D eigenvalue weighted by molar-refractivity contribution is 5.88. The average molecular weight is 427 g/mol. The highest BCUT2D eigenvalue weighted by Crippen LogP contribution is 2.31. The summed E-state index contributed by atoms with van der Waals surface area (Å²) in [6.45, 7) is 10.7. The molecule has 1 rings (SSSR count). The maximum absolute atomic E-state index is 14.1. The second kappa shape index (κ2) is 10.5. The summed E-state index contributed by atoms with van der Waals surface area (Å²) in [6, 6.07) is 2.90. The van der Waals surface area contributed by atoms with Crippen molar-refractivity contribution >= 4 is 12.4 Å². The van der Waals surface area contributed by atoms with E-state index in [0.29, 0.717) is 6.41 Å². The van der Waals surface area contributed by atoms with E-state index in [0.717, 1.165) is 11.1 Å². The Kier molecular flexibility index (Phi) is 8.96. The molecule has 0 spiro atoms. The van der Waals surface area contributed by atoms with Gasteiger partial charge in [-0.1, -0.05) is 46.8 Å². The first-order valence-electron chi connectivity index (χ1n) is 9.75. The molecule has 0 heterocycles. The molecule has 0 fully saturated rings. The topological polar surface area (TPSA) is 70.1 Å². The maximum atomic E-state index is 14.1. The zero-order chi connectivity index (χ0) is 23.2. The Bertz CT molecular complexity index is 788. The van der Waals surface area contributed by atoms with E-state index >= 15 is 0 Å². The fraction of sp³-hybridized carbons (Fsp3) is 0.545. The Morgan fingerprint density at radius 2 is 1.87 bits per heavy atom. The van der Waals surface area contributed by atoms with Crippen molar-refractivity contribution in [1.82, 2.24) is 10.0 Å². The SMILES string of the molecule is C/C(C(=O)OCC(C)C)=C(/O)C(N(C)N(C=O)Cc1cccc(F)c1F)C(C)(C)C. The van der Waals surface area contributed by atoms with E-state index in [1.165, 1.54) is 31.1 Å². The van der Waals surface area contributed by atoms with Gasteiger partial charge in [-0.2, -0.15) is 0 Å². The van der Waals surface area contributed by atoms with Crippen LogP contribution in [0, 0.1) is 23.0 Å². The van der Waals surface area contributed by atoms with Gasteiger partial charge in [-0.25, -0.2) is 18.6 Å². The fourth-order valence-electron chi connectivity index (χ4n) is 3.02. The van der Waals surface area contributed by atoms with Gasteiger partial charge in [0, 0.05) is 12.6 Å². The molecule has 8 heteroatoms. The lowest BCUT2D eigenvalue weighted by molar-refractivity contribution is -0.142. The number of carbonyl (C=O) groups is 2. The van der Waals surface area contributed by atoms with Crippen molar-refractivity contribution in [3.8, 4) is 0 Å². The number of hydrogen-bond acceptors (Lipinski definition) is 5. The summed E-state index contributed by atoms with van der Waals surface area (Å²) in [7, 11) is 1.53. The fourth-order valence-corrected chi connectivity index (χ4v) is 3.02. The number of hydrogen-bond donors (Lipinski definition) is 1. The van der Waals surface area contributed by atoms with E-state index in [4.69, 9.17) is 4.74 Å². The number of benzene rings is 1. The van der Waals surface area contributed by atoms with E-state index in [1.807, 2.05) is 34.6 Å². The summed E-state index contributed by atoms with van der Waals surface area (Å²) in [5.74, 6) is -2.84. The molecular formula is C22H32F2N2O4. The molecule has 1 atom stereocenters. The van der Waals surface area contributed by atoms with Crippen molar-refractivity contribution in [3.63, 3.8) is 0 Å². The van der Waals surface area contributed by atoms with Crippen molar-refractivity contribution in [3.05, 3.63) is 46.7 Å². The highest BCUT2D eigenvalue weighted by atomic mass is 19.2. The lowest BCUT2D eigenvalue weighted by Crippen LogP contribution is -2.52. The van der Waals surface area contributed by atoms with Crippen LogP contribution in [-0.4, -0.2) is 47.2 Å². The summed E-state index contributed by atoms with van der Waals surface area (Å²) in [6.07, 6.45) is 0.461. The molecule has 0 saturated carbocycles. The summed E-state index contributed by atoms with van der Waals surface area (Å²) < 4.78 is 32.8. The van der Waals surface area contributed by atoms with Crippen LogP contribution in [0.3, 0.4) is 0 Å². The minimum atomic E-state index is -1.04. The number of aliphatic hydroxyl groups is 1. The smallest absolute Gasteiger partial charge is 0.337 e. The van der Waals surface area contributed by atoms with Gasteiger partial charge in [0.2, 0.25) is 6.41 Å². The minimum absolute atomic E-state index is 0.0156. The number of aliphatic hydroxyl groups excluding tert-OH is 1. The number of ether oxygens (including phenoxy) is 1. The number of nitrogens with zero attached hydrogens (tertiary/aromatic N) is 2. The molecule has 1 aromatic rings. The minimum Gasteiger partial charge on any atom is -0.510 e. The van der Waals surface area contributed by atoms with E-state index in [9.17, 15) is 23.5 Å².